The van der Waals surface area contributed by atoms with Gasteiger partial charge in [0.2, 0.25) is 0 Å². The predicted octanol–water partition coefficient (Wildman–Crippen LogP) is 3.20. The van der Waals surface area contributed by atoms with E-state index in [1.807, 2.05) is 18.5 Å². The Morgan fingerprint density at radius 3 is 3.00 bits per heavy atom. The van der Waals surface area contributed by atoms with E-state index >= 15 is 0 Å². The van der Waals surface area contributed by atoms with Crippen molar-refractivity contribution in [3.63, 3.8) is 0 Å². The van der Waals surface area contributed by atoms with E-state index in [4.69, 9.17) is 5.10 Å². The molecular weight excluding hydrogens is 310 g/mol. The highest BCUT2D eigenvalue weighted by Crippen LogP contribution is 2.36. The van der Waals surface area contributed by atoms with Gasteiger partial charge in [-0.3, -0.25) is 19.6 Å². The lowest BCUT2D eigenvalue weighted by Crippen LogP contribution is -2.12. The Morgan fingerprint density at radius 1 is 1.16 bits per heavy atom. The maximum Gasteiger partial charge on any atom is 0.0816 e. The van der Waals surface area contributed by atoms with Crippen LogP contribution in [0.3, 0.4) is 0 Å². The maximum atomic E-state index is 4.92. The maximum absolute atomic E-state index is 4.92. The zero-order chi connectivity index (χ0) is 16.8. The molecule has 4 heterocycles. The van der Waals surface area contributed by atoms with Crippen LogP contribution >= 0.6 is 0 Å². The lowest BCUT2D eigenvalue weighted by Gasteiger charge is -2.13. The first-order chi connectivity index (χ1) is 12.3. The molecule has 0 atom stereocenters. The van der Waals surface area contributed by atoms with Crippen molar-refractivity contribution in [2.45, 2.75) is 26.1 Å². The summed E-state index contributed by atoms with van der Waals surface area (Å²) in [6.45, 7) is 2.59. The molecule has 25 heavy (non-hydrogen) atoms. The molecule has 0 spiro atoms. The highest BCUT2D eigenvalue weighted by Gasteiger charge is 2.26. The summed E-state index contributed by atoms with van der Waals surface area (Å²) < 4.78 is 2.13. The zero-order valence-corrected chi connectivity index (χ0v) is 14.2. The molecule has 2 aromatic heterocycles. The van der Waals surface area contributed by atoms with Gasteiger partial charge in [-0.05, 0) is 30.3 Å². The summed E-state index contributed by atoms with van der Waals surface area (Å²) in [5.74, 6) is 0. The van der Waals surface area contributed by atoms with E-state index in [9.17, 15) is 0 Å². The predicted molar refractivity (Wildman–Crippen MR) is 98.0 cm³/mol. The van der Waals surface area contributed by atoms with Gasteiger partial charge in [0.1, 0.15) is 0 Å². The Kier molecular flexibility index (Phi) is 3.28. The minimum Gasteiger partial charge on any atom is -0.296 e. The summed E-state index contributed by atoms with van der Waals surface area (Å²) in [6, 6.07) is 10.7. The van der Waals surface area contributed by atoms with Crippen molar-refractivity contribution in [2.24, 2.45) is 4.99 Å². The monoisotopic (exact) mass is 329 g/mol. The molecule has 0 saturated heterocycles. The molecule has 5 rings (SSSR count). The van der Waals surface area contributed by atoms with E-state index in [2.05, 4.69) is 50.9 Å². The van der Waals surface area contributed by atoms with Gasteiger partial charge in [-0.2, -0.15) is 5.10 Å². The molecule has 124 valence electrons. The Bertz CT molecular complexity index is 971. The third-order valence-electron chi connectivity index (χ3n) is 4.94. The second-order valence-electron chi connectivity index (χ2n) is 6.82. The first-order valence-electron chi connectivity index (χ1n) is 8.60. The van der Waals surface area contributed by atoms with Crippen LogP contribution in [0.25, 0.3) is 11.3 Å². The quantitative estimate of drug-likeness (QED) is 0.741. The van der Waals surface area contributed by atoms with Gasteiger partial charge in [-0.15, -0.1) is 0 Å². The van der Waals surface area contributed by atoms with E-state index < -0.39 is 0 Å². The minimum atomic E-state index is 0.736. The SMILES string of the molecule is CN1Cc2nn(Cc3cccnc3)c(-c3ccc4c(c3)N=CC4)c2C1. The molecule has 0 bridgehead atoms. The molecule has 0 aliphatic carbocycles. The molecule has 0 N–H and O–H groups in total. The molecular formula is C20H19N5. The summed E-state index contributed by atoms with van der Waals surface area (Å²) in [7, 11) is 2.14. The van der Waals surface area contributed by atoms with Crippen molar-refractivity contribution in [1.82, 2.24) is 19.7 Å². The number of nitrogens with zero attached hydrogens (tertiary/aromatic N) is 5. The van der Waals surface area contributed by atoms with Crippen LogP contribution in [0.15, 0.2) is 47.7 Å². The summed E-state index contributed by atoms with van der Waals surface area (Å²) in [4.78, 5) is 11.1. The van der Waals surface area contributed by atoms with Gasteiger partial charge in [0, 0.05) is 49.2 Å². The lowest BCUT2D eigenvalue weighted by molar-refractivity contribution is 0.346. The Hall–Kier alpha value is -2.79. The van der Waals surface area contributed by atoms with E-state index in [-0.39, 0.29) is 0 Å². The first-order valence-corrected chi connectivity index (χ1v) is 8.60. The van der Waals surface area contributed by atoms with Crippen LogP contribution in [0.1, 0.15) is 22.4 Å². The van der Waals surface area contributed by atoms with Crippen LogP contribution in [0.5, 0.6) is 0 Å². The fraction of sp³-hybridized carbons (Fsp3) is 0.250. The zero-order valence-electron chi connectivity index (χ0n) is 14.2. The largest absolute Gasteiger partial charge is 0.296 e. The fourth-order valence-electron chi connectivity index (χ4n) is 3.77. The normalized spacial score (nSPS) is 15.6. The van der Waals surface area contributed by atoms with Crippen LogP contribution in [0.4, 0.5) is 5.69 Å². The van der Waals surface area contributed by atoms with Crippen molar-refractivity contribution in [2.75, 3.05) is 7.05 Å². The van der Waals surface area contributed by atoms with Crippen molar-refractivity contribution < 1.29 is 0 Å². The topological polar surface area (TPSA) is 46.3 Å². The second-order valence-corrected chi connectivity index (χ2v) is 6.82. The van der Waals surface area contributed by atoms with Crippen molar-refractivity contribution in [1.29, 1.82) is 0 Å². The van der Waals surface area contributed by atoms with Gasteiger partial charge in [-0.25, -0.2) is 0 Å². The molecule has 0 radical (unpaired) electrons. The Labute approximate surface area is 146 Å². The molecule has 5 nitrogen and oxygen atoms in total. The first kappa shape index (κ1) is 14.5. The molecule has 0 unspecified atom stereocenters. The molecule has 1 aromatic carbocycles. The summed E-state index contributed by atoms with van der Waals surface area (Å²) in [5.41, 5.74) is 8.50. The molecule has 0 amide bonds. The van der Waals surface area contributed by atoms with Gasteiger partial charge in [0.15, 0.2) is 0 Å². The molecule has 2 aliphatic rings. The number of rotatable bonds is 3. The molecule has 3 aromatic rings. The Morgan fingerprint density at radius 2 is 2.12 bits per heavy atom. The highest BCUT2D eigenvalue weighted by molar-refractivity contribution is 5.79. The smallest absolute Gasteiger partial charge is 0.0816 e. The molecule has 5 heteroatoms. The molecule has 0 fully saturated rings. The van der Waals surface area contributed by atoms with Crippen molar-refractivity contribution in [3.05, 3.63) is 65.1 Å². The molecule has 0 saturated carbocycles. The lowest BCUT2D eigenvalue weighted by atomic mass is 10.0. The average molecular weight is 329 g/mol. The standard InChI is InChI=1S/C20H19N5/c1-24-12-17-19(13-24)23-25(11-14-3-2-7-21-10-14)20(17)16-5-4-15-6-8-22-18(15)9-16/h2-5,7-10H,6,11-13H2,1H3. The number of fused-ring (bicyclic) bond motifs is 2. The fourth-order valence-corrected chi connectivity index (χ4v) is 3.77. The molecule has 2 aliphatic heterocycles. The number of aromatic nitrogens is 3. The van der Waals surface area contributed by atoms with Crippen LogP contribution in [0.2, 0.25) is 0 Å². The van der Waals surface area contributed by atoms with Gasteiger partial charge < -0.3 is 0 Å². The third-order valence-corrected chi connectivity index (χ3v) is 4.94. The van der Waals surface area contributed by atoms with E-state index in [1.54, 1.807) is 6.20 Å². The van der Waals surface area contributed by atoms with Gasteiger partial charge >= 0.3 is 0 Å². The summed E-state index contributed by atoms with van der Waals surface area (Å²) in [5, 5.41) is 4.92. The van der Waals surface area contributed by atoms with E-state index in [0.29, 0.717) is 0 Å². The third kappa shape index (κ3) is 2.48. The van der Waals surface area contributed by atoms with E-state index in [0.717, 1.165) is 37.3 Å². The van der Waals surface area contributed by atoms with Crippen molar-refractivity contribution >= 4 is 11.9 Å². The van der Waals surface area contributed by atoms with E-state index in [1.165, 1.54) is 28.1 Å². The van der Waals surface area contributed by atoms with Crippen LogP contribution in [0, 0.1) is 0 Å². The second kappa shape index (κ2) is 5.63. The average Bonchev–Trinajstić information content (AvgIpc) is 3.29. The van der Waals surface area contributed by atoms with Crippen LogP contribution in [-0.4, -0.2) is 32.9 Å². The number of pyridine rings is 1. The number of hydrogen-bond donors (Lipinski definition) is 0. The van der Waals surface area contributed by atoms with Gasteiger partial charge in [0.25, 0.3) is 0 Å². The Balaban J connectivity index is 1.63. The number of benzene rings is 1. The van der Waals surface area contributed by atoms with Crippen LogP contribution in [-0.2, 0) is 26.1 Å². The summed E-state index contributed by atoms with van der Waals surface area (Å²) >= 11 is 0. The summed E-state index contributed by atoms with van der Waals surface area (Å²) in [6.07, 6.45) is 6.64. The van der Waals surface area contributed by atoms with Gasteiger partial charge in [-0.1, -0.05) is 18.2 Å². The number of aliphatic imine (C=N–C) groups is 1. The number of hydrogen-bond acceptors (Lipinski definition) is 4. The highest BCUT2D eigenvalue weighted by atomic mass is 15.3. The van der Waals surface area contributed by atoms with Crippen LogP contribution < -0.4 is 0 Å². The van der Waals surface area contributed by atoms with Crippen molar-refractivity contribution in [3.8, 4) is 11.3 Å². The minimum absolute atomic E-state index is 0.736. The van der Waals surface area contributed by atoms with Gasteiger partial charge in [0.05, 0.1) is 23.6 Å².